The van der Waals surface area contributed by atoms with Crippen LogP contribution in [0.4, 0.5) is 0 Å². The van der Waals surface area contributed by atoms with E-state index < -0.39 is 17.1 Å². The van der Waals surface area contributed by atoms with Crippen LogP contribution in [-0.4, -0.2) is 35.8 Å². The number of rotatable bonds is 2. The third-order valence-electron chi connectivity index (χ3n) is 1.70. The molecule has 0 spiro atoms. The molecule has 0 radical (unpaired) electrons. The molecular formula is C6H10BNO4S. The lowest BCUT2D eigenvalue weighted by atomic mass is 9.80. The van der Waals surface area contributed by atoms with Gasteiger partial charge >= 0.3 is 7.12 Å². The van der Waals surface area contributed by atoms with Crippen molar-refractivity contribution in [2.24, 2.45) is 0 Å². The van der Waals surface area contributed by atoms with E-state index in [0.717, 1.165) is 10.2 Å². The third kappa shape index (κ3) is 2.12. The van der Waals surface area contributed by atoms with Crippen molar-refractivity contribution in [2.45, 2.75) is 6.92 Å². The standard InChI is InChI=1S/C6H10BNO4S/c1-5-3-8(13(2,11)12)4-6(5)7(9)10/h3-4,9-10H,1-2H3. The number of aromatic nitrogens is 1. The topological polar surface area (TPSA) is 79.5 Å². The molecule has 13 heavy (non-hydrogen) atoms. The van der Waals surface area contributed by atoms with Crippen molar-refractivity contribution in [2.75, 3.05) is 6.26 Å². The molecule has 0 atom stereocenters. The molecule has 0 amide bonds. The zero-order valence-electron chi connectivity index (χ0n) is 7.30. The van der Waals surface area contributed by atoms with E-state index in [1.165, 1.54) is 12.4 Å². The summed E-state index contributed by atoms with van der Waals surface area (Å²) in [6.45, 7) is 1.61. The lowest BCUT2D eigenvalue weighted by Crippen LogP contribution is -2.30. The lowest BCUT2D eigenvalue weighted by Gasteiger charge is -1.96. The molecule has 0 aromatic carbocycles. The average Bonchev–Trinajstić information content (AvgIpc) is 2.29. The molecule has 0 unspecified atom stereocenters. The molecule has 1 aromatic heterocycles. The largest absolute Gasteiger partial charge is 0.490 e. The molecule has 0 saturated heterocycles. The number of hydrogen-bond acceptors (Lipinski definition) is 4. The minimum absolute atomic E-state index is 0.199. The van der Waals surface area contributed by atoms with Gasteiger partial charge in [-0.1, -0.05) is 0 Å². The van der Waals surface area contributed by atoms with Crippen LogP contribution in [0.15, 0.2) is 12.4 Å². The van der Waals surface area contributed by atoms with Crippen LogP contribution >= 0.6 is 0 Å². The van der Waals surface area contributed by atoms with Gasteiger partial charge in [0.25, 0.3) is 0 Å². The molecule has 0 bridgehead atoms. The minimum Gasteiger partial charge on any atom is -0.423 e. The first-order valence-electron chi connectivity index (χ1n) is 3.57. The fraction of sp³-hybridized carbons (Fsp3) is 0.333. The second-order valence-corrected chi connectivity index (χ2v) is 4.75. The van der Waals surface area contributed by atoms with E-state index in [2.05, 4.69) is 0 Å². The number of nitrogens with zero attached hydrogens (tertiary/aromatic N) is 1. The summed E-state index contributed by atoms with van der Waals surface area (Å²) in [7, 11) is -4.98. The first-order valence-corrected chi connectivity index (χ1v) is 5.42. The van der Waals surface area contributed by atoms with Gasteiger partial charge in [0.05, 0.1) is 6.26 Å². The van der Waals surface area contributed by atoms with Crippen molar-refractivity contribution in [3.8, 4) is 0 Å². The predicted molar refractivity (Wildman–Crippen MR) is 49.2 cm³/mol. The Hall–Kier alpha value is -0.785. The highest BCUT2D eigenvalue weighted by Crippen LogP contribution is 2.00. The summed E-state index contributed by atoms with van der Waals surface area (Å²) in [5.41, 5.74) is 0.728. The highest BCUT2D eigenvalue weighted by atomic mass is 32.2. The summed E-state index contributed by atoms with van der Waals surface area (Å²) >= 11 is 0. The average molecular weight is 203 g/mol. The summed E-state index contributed by atoms with van der Waals surface area (Å²) < 4.78 is 23.0. The van der Waals surface area contributed by atoms with Crippen LogP contribution in [-0.2, 0) is 10.0 Å². The van der Waals surface area contributed by atoms with Crippen molar-refractivity contribution in [1.82, 2.24) is 3.97 Å². The first kappa shape index (κ1) is 10.3. The Kier molecular flexibility index (Phi) is 2.51. The van der Waals surface area contributed by atoms with E-state index >= 15 is 0 Å². The lowest BCUT2D eigenvalue weighted by molar-refractivity contribution is 0.425. The molecule has 0 saturated carbocycles. The van der Waals surface area contributed by atoms with Gasteiger partial charge in [0.2, 0.25) is 10.0 Å². The smallest absolute Gasteiger partial charge is 0.423 e. The molecule has 2 N–H and O–H groups in total. The Labute approximate surface area is 76.8 Å². The van der Waals surface area contributed by atoms with Gasteiger partial charge in [0.1, 0.15) is 0 Å². The Morgan fingerprint density at radius 2 is 1.92 bits per heavy atom. The van der Waals surface area contributed by atoms with E-state index in [4.69, 9.17) is 10.0 Å². The van der Waals surface area contributed by atoms with Gasteiger partial charge in [-0.2, -0.15) is 0 Å². The Balaban J connectivity index is 3.25. The maximum atomic E-state index is 11.0. The maximum Gasteiger partial charge on any atom is 0.490 e. The van der Waals surface area contributed by atoms with Crippen LogP contribution < -0.4 is 5.46 Å². The zero-order valence-corrected chi connectivity index (χ0v) is 8.11. The van der Waals surface area contributed by atoms with E-state index in [1.807, 2.05) is 0 Å². The Morgan fingerprint density at radius 1 is 1.38 bits per heavy atom. The van der Waals surface area contributed by atoms with E-state index in [1.54, 1.807) is 6.92 Å². The van der Waals surface area contributed by atoms with Crippen molar-refractivity contribution >= 4 is 22.6 Å². The molecule has 7 heteroatoms. The fourth-order valence-electron chi connectivity index (χ4n) is 1.00. The molecular weight excluding hydrogens is 193 g/mol. The summed E-state index contributed by atoms with van der Waals surface area (Å²) in [6, 6.07) is 0. The van der Waals surface area contributed by atoms with Gasteiger partial charge in [-0.15, -0.1) is 0 Å². The van der Waals surface area contributed by atoms with Gasteiger partial charge in [0, 0.05) is 17.9 Å². The van der Waals surface area contributed by atoms with E-state index in [9.17, 15) is 8.42 Å². The van der Waals surface area contributed by atoms with Crippen LogP contribution in [0.5, 0.6) is 0 Å². The van der Waals surface area contributed by atoms with E-state index in [-0.39, 0.29) is 5.46 Å². The normalized spacial score (nSPS) is 11.7. The molecule has 1 aromatic rings. The summed E-state index contributed by atoms with van der Waals surface area (Å²) in [4.78, 5) is 0. The molecule has 0 fully saturated rings. The van der Waals surface area contributed by atoms with E-state index in [0.29, 0.717) is 5.56 Å². The quantitative estimate of drug-likeness (QED) is 0.560. The van der Waals surface area contributed by atoms with Crippen molar-refractivity contribution < 1.29 is 18.5 Å². The minimum atomic E-state index is -3.34. The molecule has 1 heterocycles. The van der Waals surface area contributed by atoms with Crippen LogP contribution in [0, 0.1) is 6.92 Å². The van der Waals surface area contributed by atoms with Gasteiger partial charge in [0.15, 0.2) is 0 Å². The third-order valence-corrected chi connectivity index (χ3v) is 2.68. The monoisotopic (exact) mass is 203 g/mol. The number of hydrogen-bond donors (Lipinski definition) is 2. The molecule has 1 rings (SSSR count). The maximum absolute atomic E-state index is 11.0. The SMILES string of the molecule is Cc1cn(S(C)(=O)=O)cc1B(O)O. The van der Waals surface area contributed by atoms with Crippen molar-refractivity contribution in [1.29, 1.82) is 0 Å². The molecule has 0 aliphatic carbocycles. The molecule has 72 valence electrons. The molecule has 0 aliphatic heterocycles. The predicted octanol–water partition coefficient (Wildman–Crippen LogP) is -1.72. The van der Waals surface area contributed by atoms with Crippen LogP contribution in [0.1, 0.15) is 5.56 Å². The van der Waals surface area contributed by atoms with Gasteiger partial charge in [-0.05, 0) is 12.5 Å². The zero-order chi connectivity index (χ0) is 10.2. The van der Waals surface area contributed by atoms with Crippen molar-refractivity contribution in [3.63, 3.8) is 0 Å². The van der Waals surface area contributed by atoms with Gasteiger partial charge < -0.3 is 10.0 Å². The number of aryl methyl sites for hydroxylation is 1. The summed E-state index contributed by atoms with van der Waals surface area (Å²) in [5, 5.41) is 17.7. The van der Waals surface area contributed by atoms with Gasteiger partial charge in [-0.3, -0.25) is 3.97 Å². The highest BCUT2D eigenvalue weighted by molar-refractivity contribution is 7.89. The molecule has 0 aliphatic rings. The Morgan fingerprint density at radius 3 is 2.15 bits per heavy atom. The summed E-state index contributed by atoms with van der Waals surface area (Å²) in [6.07, 6.45) is 3.57. The first-order chi connectivity index (χ1) is 5.82. The molecule has 5 nitrogen and oxygen atoms in total. The van der Waals surface area contributed by atoms with Crippen LogP contribution in [0.2, 0.25) is 0 Å². The van der Waals surface area contributed by atoms with Crippen LogP contribution in [0.3, 0.4) is 0 Å². The Bertz CT molecular complexity index is 408. The van der Waals surface area contributed by atoms with Crippen LogP contribution in [0.25, 0.3) is 0 Å². The fourth-order valence-corrected chi connectivity index (χ4v) is 1.66. The second kappa shape index (κ2) is 3.17. The van der Waals surface area contributed by atoms with Crippen molar-refractivity contribution in [3.05, 3.63) is 18.0 Å². The summed E-state index contributed by atoms with van der Waals surface area (Å²) in [5.74, 6) is 0. The van der Waals surface area contributed by atoms with Gasteiger partial charge in [-0.25, -0.2) is 8.42 Å². The highest BCUT2D eigenvalue weighted by Gasteiger charge is 2.18. The second-order valence-electron chi connectivity index (χ2n) is 2.86.